The second-order valence-electron chi connectivity index (χ2n) is 4.72. The van der Waals surface area contributed by atoms with Gasteiger partial charge in [-0.2, -0.15) is 0 Å². The van der Waals surface area contributed by atoms with E-state index in [-0.39, 0.29) is 0 Å². The average molecular weight is 205 g/mol. The molecule has 0 spiro atoms. The summed E-state index contributed by atoms with van der Waals surface area (Å²) in [6, 6.07) is 9.14. The molecule has 15 heavy (non-hydrogen) atoms. The summed E-state index contributed by atoms with van der Waals surface area (Å²) < 4.78 is 0. The molecule has 1 aromatic rings. The van der Waals surface area contributed by atoms with Crippen molar-refractivity contribution in [3.05, 3.63) is 29.8 Å². The van der Waals surface area contributed by atoms with Gasteiger partial charge in [-0.05, 0) is 38.3 Å². The van der Waals surface area contributed by atoms with E-state index in [1.807, 2.05) is 12.1 Å². The second kappa shape index (κ2) is 4.67. The van der Waals surface area contributed by atoms with Crippen LogP contribution in [0.3, 0.4) is 0 Å². The first-order chi connectivity index (χ1) is 7.25. The highest BCUT2D eigenvalue weighted by molar-refractivity contribution is 5.38. The fourth-order valence-electron chi connectivity index (χ4n) is 2.41. The number of hydrogen-bond acceptors (Lipinski definition) is 1. The summed E-state index contributed by atoms with van der Waals surface area (Å²) in [5.74, 6) is 0. The fraction of sp³-hybridized carbons (Fsp3) is 0.538. The van der Waals surface area contributed by atoms with Crippen LogP contribution in [0.4, 0.5) is 5.69 Å². The molecule has 82 valence electrons. The Morgan fingerprint density at radius 1 is 1.27 bits per heavy atom. The summed E-state index contributed by atoms with van der Waals surface area (Å²) in [6.07, 6.45) is 4.17. The van der Waals surface area contributed by atoms with Crippen LogP contribution < -0.4 is 10.6 Å². The van der Waals surface area contributed by atoms with Crippen molar-refractivity contribution in [1.29, 1.82) is 0 Å². The molecule has 0 aromatic heterocycles. The third-order valence-corrected chi connectivity index (χ3v) is 3.49. The third-order valence-electron chi connectivity index (χ3n) is 3.49. The Morgan fingerprint density at radius 2 is 2.00 bits per heavy atom. The van der Waals surface area contributed by atoms with Crippen LogP contribution in [-0.2, 0) is 6.54 Å². The molecule has 0 amide bonds. The van der Waals surface area contributed by atoms with Crippen molar-refractivity contribution in [3.8, 4) is 0 Å². The monoisotopic (exact) mass is 205 g/mol. The van der Waals surface area contributed by atoms with Crippen LogP contribution in [0.25, 0.3) is 0 Å². The molecule has 2 nitrogen and oxygen atoms in total. The van der Waals surface area contributed by atoms with Crippen LogP contribution in [0.1, 0.15) is 31.7 Å². The number of rotatable bonds is 2. The number of likely N-dealkylation sites (tertiary alicyclic amines) is 1. The summed E-state index contributed by atoms with van der Waals surface area (Å²) in [6.45, 7) is 4.85. The molecule has 1 unspecified atom stereocenters. The molecule has 0 radical (unpaired) electrons. The highest BCUT2D eigenvalue weighted by atomic mass is 15.2. The van der Waals surface area contributed by atoms with Gasteiger partial charge in [-0.1, -0.05) is 12.1 Å². The second-order valence-corrected chi connectivity index (χ2v) is 4.72. The topological polar surface area (TPSA) is 30.5 Å². The maximum atomic E-state index is 5.68. The maximum Gasteiger partial charge on any atom is 0.103 e. The van der Waals surface area contributed by atoms with Crippen molar-refractivity contribution >= 4 is 5.69 Å². The quantitative estimate of drug-likeness (QED) is 0.699. The normalized spacial score (nSPS) is 26.5. The number of nitrogen functional groups attached to an aromatic ring is 1. The molecular formula is C13H21N2+. The lowest BCUT2D eigenvalue weighted by Crippen LogP contribution is -3.14. The van der Waals surface area contributed by atoms with Gasteiger partial charge in [-0.25, -0.2) is 0 Å². The van der Waals surface area contributed by atoms with Gasteiger partial charge in [0.15, 0.2) is 0 Å². The zero-order valence-electron chi connectivity index (χ0n) is 9.50. The van der Waals surface area contributed by atoms with Crippen molar-refractivity contribution < 1.29 is 4.90 Å². The fourth-order valence-corrected chi connectivity index (χ4v) is 2.41. The Morgan fingerprint density at radius 3 is 2.67 bits per heavy atom. The molecule has 0 bridgehead atoms. The number of nitrogens with two attached hydrogens (primary N) is 1. The highest BCUT2D eigenvalue weighted by Gasteiger charge is 2.21. The maximum absolute atomic E-state index is 5.68. The molecule has 1 fully saturated rings. The minimum atomic E-state index is 0.816. The van der Waals surface area contributed by atoms with Gasteiger partial charge >= 0.3 is 0 Å². The molecule has 1 aliphatic heterocycles. The van der Waals surface area contributed by atoms with E-state index in [1.165, 1.54) is 31.4 Å². The summed E-state index contributed by atoms with van der Waals surface area (Å²) >= 11 is 0. The largest absolute Gasteiger partial charge is 0.399 e. The van der Waals surface area contributed by atoms with Gasteiger partial charge in [-0.3, -0.25) is 0 Å². The number of anilines is 1. The predicted octanol–water partition coefficient (Wildman–Crippen LogP) is 1.23. The van der Waals surface area contributed by atoms with Crippen LogP contribution in [0.15, 0.2) is 24.3 Å². The molecule has 1 aliphatic rings. The van der Waals surface area contributed by atoms with E-state index in [0.29, 0.717) is 0 Å². The number of hydrogen-bond donors (Lipinski definition) is 2. The minimum Gasteiger partial charge on any atom is -0.399 e. The van der Waals surface area contributed by atoms with Gasteiger partial charge in [0, 0.05) is 11.3 Å². The number of quaternary nitrogens is 1. The van der Waals surface area contributed by atoms with Crippen molar-refractivity contribution in [1.82, 2.24) is 0 Å². The van der Waals surface area contributed by atoms with Gasteiger partial charge in [-0.15, -0.1) is 0 Å². The lowest BCUT2D eigenvalue weighted by Gasteiger charge is -2.30. The molecule has 3 N–H and O–H groups in total. The Kier molecular flexibility index (Phi) is 3.27. The molecular weight excluding hydrogens is 184 g/mol. The first-order valence-electron chi connectivity index (χ1n) is 5.94. The van der Waals surface area contributed by atoms with Crippen LogP contribution in [0, 0.1) is 0 Å². The molecule has 1 saturated heterocycles. The Balaban J connectivity index is 1.98. The van der Waals surface area contributed by atoms with Gasteiger partial charge in [0.2, 0.25) is 0 Å². The lowest BCUT2D eigenvalue weighted by molar-refractivity contribution is -0.941. The zero-order chi connectivity index (χ0) is 10.7. The van der Waals surface area contributed by atoms with E-state index < -0.39 is 0 Å². The van der Waals surface area contributed by atoms with E-state index >= 15 is 0 Å². The summed E-state index contributed by atoms with van der Waals surface area (Å²) in [5.41, 5.74) is 7.95. The summed E-state index contributed by atoms with van der Waals surface area (Å²) in [4.78, 5) is 1.73. The molecule has 2 heteroatoms. The summed E-state index contributed by atoms with van der Waals surface area (Å²) in [5, 5.41) is 0. The molecule has 2 rings (SSSR count). The SMILES string of the molecule is C[C@H]1CCCC[NH+]1Cc1ccc(N)cc1. The van der Waals surface area contributed by atoms with Crippen molar-refractivity contribution in [2.45, 2.75) is 38.8 Å². The average Bonchev–Trinajstić information content (AvgIpc) is 2.25. The highest BCUT2D eigenvalue weighted by Crippen LogP contribution is 2.06. The first kappa shape index (κ1) is 10.5. The third kappa shape index (κ3) is 2.72. The first-order valence-corrected chi connectivity index (χ1v) is 5.94. The van der Waals surface area contributed by atoms with Crippen molar-refractivity contribution in [2.75, 3.05) is 12.3 Å². The van der Waals surface area contributed by atoms with Crippen LogP contribution in [0.5, 0.6) is 0 Å². The summed E-state index contributed by atoms with van der Waals surface area (Å²) in [7, 11) is 0. The minimum absolute atomic E-state index is 0.816. The molecule has 0 saturated carbocycles. The smallest absolute Gasteiger partial charge is 0.103 e. The molecule has 0 aliphatic carbocycles. The standard InChI is InChI=1S/C13H20N2/c1-11-4-2-3-9-15(11)10-12-5-7-13(14)8-6-12/h5-8,11H,2-4,9-10,14H2,1H3/p+1/t11-/m0/s1. The lowest BCUT2D eigenvalue weighted by atomic mass is 10.0. The van der Waals surface area contributed by atoms with Crippen molar-refractivity contribution in [3.63, 3.8) is 0 Å². The molecule has 1 heterocycles. The van der Waals surface area contributed by atoms with E-state index in [9.17, 15) is 0 Å². The van der Waals surface area contributed by atoms with Gasteiger partial charge < -0.3 is 10.6 Å². The number of benzene rings is 1. The van der Waals surface area contributed by atoms with Gasteiger partial charge in [0.25, 0.3) is 0 Å². The molecule has 2 atom stereocenters. The van der Waals surface area contributed by atoms with Crippen LogP contribution >= 0.6 is 0 Å². The predicted molar refractivity (Wildman–Crippen MR) is 63.7 cm³/mol. The zero-order valence-corrected chi connectivity index (χ0v) is 9.50. The Labute approximate surface area is 92.1 Å². The van der Waals surface area contributed by atoms with E-state index in [0.717, 1.165) is 18.3 Å². The number of nitrogens with one attached hydrogen (secondary N) is 1. The van der Waals surface area contributed by atoms with E-state index in [2.05, 4.69) is 19.1 Å². The Bertz CT molecular complexity index is 305. The van der Waals surface area contributed by atoms with E-state index in [4.69, 9.17) is 5.73 Å². The van der Waals surface area contributed by atoms with Crippen molar-refractivity contribution in [2.24, 2.45) is 0 Å². The number of piperidine rings is 1. The van der Waals surface area contributed by atoms with E-state index in [1.54, 1.807) is 4.90 Å². The van der Waals surface area contributed by atoms with Crippen LogP contribution in [-0.4, -0.2) is 12.6 Å². The Hall–Kier alpha value is -1.02. The molecule has 1 aromatic carbocycles. The van der Waals surface area contributed by atoms with Gasteiger partial charge in [0.1, 0.15) is 6.54 Å². The van der Waals surface area contributed by atoms with Crippen LogP contribution in [0.2, 0.25) is 0 Å². The van der Waals surface area contributed by atoms with Gasteiger partial charge in [0.05, 0.1) is 12.6 Å².